The van der Waals surface area contributed by atoms with Crippen LogP contribution >= 0.6 is 11.8 Å². The summed E-state index contributed by atoms with van der Waals surface area (Å²) in [6.07, 6.45) is 0. The van der Waals surface area contributed by atoms with Crippen LogP contribution in [-0.2, 0) is 16.6 Å². The minimum atomic E-state index is -0.479. The van der Waals surface area contributed by atoms with Crippen molar-refractivity contribution in [1.29, 1.82) is 0 Å². The smallest absolute Gasteiger partial charge is 0.324 e. The van der Waals surface area contributed by atoms with Gasteiger partial charge in [-0.2, -0.15) is 0 Å². The molecule has 0 saturated carbocycles. The zero-order chi connectivity index (χ0) is 17.6. The van der Waals surface area contributed by atoms with Crippen LogP contribution in [0.15, 0.2) is 65.8 Å². The monoisotopic (exact) mass is 353 g/mol. The molecule has 3 aromatic rings. The fourth-order valence-corrected chi connectivity index (χ4v) is 3.46. The van der Waals surface area contributed by atoms with Gasteiger partial charge < -0.3 is 9.30 Å². The number of esters is 1. The maximum atomic E-state index is 12.4. The van der Waals surface area contributed by atoms with E-state index in [0.29, 0.717) is 11.8 Å². The maximum Gasteiger partial charge on any atom is 0.324 e. The van der Waals surface area contributed by atoms with Crippen LogP contribution in [0.25, 0.3) is 11.4 Å². The Labute approximate surface area is 151 Å². The third kappa shape index (κ3) is 3.91. The molecule has 0 spiro atoms. The fraction of sp³-hybridized carbons (Fsp3) is 0.211. The molecule has 0 saturated heterocycles. The number of nitrogens with zero attached hydrogens (tertiary/aromatic N) is 3. The molecule has 0 aliphatic heterocycles. The van der Waals surface area contributed by atoms with Gasteiger partial charge in [0.05, 0.1) is 6.61 Å². The number of hydrogen-bond acceptors (Lipinski definition) is 5. The van der Waals surface area contributed by atoms with E-state index in [1.54, 1.807) is 6.92 Å². The van der Waals surface area contributed by atoms with E-state index in [9.17, 15) is 4.79 Å². The molecule has 1 aromatic heterocycles. The molecule has 0 N–H and O–H groups in total. The van der Waals surface area contributed by atoms with Crippen molar-refractivity contribution in [3.05, 3.63) is 66.2 Å². The second kappa shape index (κ2) is 7.98. The van der Waals surface area contributed by atoms with Gasteiger partial charge in [-0.25, -0.2) is 0 Å². The minimum absolute atomic E-state index is 0.275. The van der Waals surface area contributed by atoms with Crippen LogP contribution in [0.1, 0.15) is 17.7 Å². The lowest BCUT2D eigenvalue weighted by Gasteiger charge is -2.15. The average Bonchev–Trinajstić information content (AvgIpc) is 3.01. The average molecular weight is 353 g/mol. The van der Waals surface area contributed by atoms with Crippen LogP contribution in [0, 0.1) is 0 Å². The highest BCUT2D eigenvalue weighted by Gasteiger charge is 2.26. The summed E-state index contributed by atoms with van der Waals surface area (Å²) in [6, 6.07) is 19.4. The highest BCUT2D eigenvalue weighted by atomic mass is 32.2. The van der Waals surface area contributed by atoms with Crippen molar-refractivity contribution in [1.82, 2.24) is 14.8 Å². The molecular weight excluding hydrogens is 334 g/mol. The van der Waals surface area contributed by atoms with E-state index in [-0.39, 0.29) is 5.97 Å². The van der Waals surface area contributed by atoms with Gasteiger partial charge in [0.2, 0.25) is 0 Å². The van der Waals surface area contributed by atoms with E-state index in [1.807, 2.05) is 72.3 Å². The Morgan fingerprint density at radius 1 is 1.08 bits per heavy atom. The van der Waals surface area contributed by atoms with Crippen LogP contribution in [0.3, 0.4) is 0 Å². The molecule has 2 aromatic carbocycles. The first-order valence-electron chi connectivity index (χ1n) is 8.03. The third-order valence-corrected chi connectivity index (χ3v) is 4.96. The summed E-state index contributed by atoms with van der Waals surface area (Å²) >= 11 is 1.35. The van der Waals surface area contributed by atoms with Gasteiger partial charge in [0.1, 0.15) is 5.25 Å². The standard InChI is InChI=1S/C19H19N3O2S/c1-3-24-18(23)16(14-10-6-4-7-11-14)25-19-21-20-17(22(19)2)15-12-8-5-9-13-15/h4-13,16H,3H2,1-2H3/t16-/m0/s1. The normalized spacial score (nSPS) is 11.9. The summed E-state index contributed by atoms with van der Waals surface area (Å²) in [5, 5.41) is 8.73. The molecule has 0 bridgehead atoms. The zero-order valence-electron chi connectivity index (χ0n) is 14.1. The van der Waals surface area contributed by atoms with Crippen LogP contribution in [0.5, 0.6) is 0 Å². The highest BCUT2D eigenvalue weighted by molar-refractivity contribution is 8.00. The summed E-state index contributed by atoms with van der Waals surface area (Å²) in [4.78, 5) is 12.4. The summed E-state index contributed by atoms with van der Waals surface area (Å²) in [6.45, 7) is 2.15. The Balaban J connectivity index is 1.90. The quantitative estimate of drug-likeness (QED) is 0.497. The van der Waals surface area contributed by atoms with Crippen molar-refractivity contribution in [2.75, 3.05) is 6.61 Å². The second-order valence-corrected chi connectivity index (χ2v) is 6.46. The van der Waals surface area contributed by atoms with E-state index in [4.69, 9.17) is 4.74 Å². The molecule has 128 valence electrons. The summed E-state index contributed by atoms with van der Waals surface area (Å²) < 4.78 is 7.14. The number of benzene rings is 2. The molecule has 25 heavy (non-hydrogen) atoms. The molecule has 3 rings (SSSR count). The molecule has 0 amide bonds. The molecule has 1 atom stereocenters. The van der Waals surface area contributed by atoms with Gasteiger partial charge in [0.15, 0.2) is 11.0 Å². The summed E-state index contributed by atoms with van der Waals surface area (Å²) in [7, 11) is 1.90. The predicted octanol–water partition coefficient (Wildman–Crippen LogP) is 3.88. The SMILES string of the molecule is CCOC(=O)[C@@H](Sc1nnc(-c2ccccc2)n1C)c1ccccc1. The number of hydrogen-bond donors (Lipinski definition) is 0. The van der Waals surface area contributed by atoms with Crippen LogP contribution < -0.4 is 0 Å². The highest BCUT2D eigenvalue weighted by Crippen LogP contribution is 2.36. The van der Waals surface area contributed by atoms with Gasteiger partial charge in [-0.1, -0.05) is 72.4 Å². The van der Waals surface area contributed by atoms with E-state index in [0.717, 1.165) is 17.0 Å². The van der Waals surface area contributed by atoms with Crippen LogP contribution in [0.4, 0.5) is 0 Å². The lowest BCUT2D eigenvalue weighted by atomic mass is 10.1. The van der Waals surface area contributed by atoms with Crippen molar-refractivity contribution in [2.45, 2.75) is 17.3 Å². The van der Waals surface area contributed by atoms with Gasteiger partial charge in [0.25, 0.3) is 0 Å². The Kier molecular flexibility index (Phi) is 5.50. The van der Waals surface area contributed by atoms with Gasteiger partial charge in [-0.05, 0) is 12.5 Å². The lowest BCUT2D eigenvalue weighted by molar-refractivity contribution is -0.142. The van der Waals surface area contributed by atoms with Gasteiger partial charge >= 0.3 is 5.97 Å². The van der Waals surface area contributed by atoms with Crippen molar-refractivity contribution in [2.24, 2.45) is 7.05 Å². The van der Waals surface area contributed by atoms with Crippen molar-refractivity contribution < 1.29 is 9.53 Å². The molecule has 0 radical (unpaired) electrons. The Morgan fingerprint density at radius 2 is 1.72 bits per heavy atom. The van der Waals surface area contributed by atoms with Gasteiger partial charge in [-0.3, -0.25) is 4.79 Å². The lowest BCUT2D eigenvalue weighted by Crippen LogP contribution is -2.14. The first kappa shape index (κ1) is 17.2. The minimum Gasteiger partial charge on any atom is -0.465 e. The van der Waals surface area contributed by atoms with E-state index in [1.165, 1.54) is 11.8 Å². The third-order valence-electron chi connectivity index (χ3n) is 3.69. The number of rotatable bonds is 6. The molecule has 1 heterocycles. The molecule has 0 aliphatic carbocycles. The molecule has 6 heteroatoms. The van der Waals surface area contributed by atoms with Crippen LogP contribution in [0.2, 0.25) is 0 Å². The van der Waals surface area contributed by atoms with E-state index in [2.05, 4.69) is 10.2 Å². The maximum absolute atomic E-state index is 12.4. The Bertz CT molecular complexity index is 834. The first-order valence-corrected chi connectivity index (χ1v) is 8.91. The summed E-state index contributed by atoms with van der Waals surface area (Å²) in [5.41, 5.74) is 1.87. The van der Waals surface area contributed by atoms with E-state index >= 15 is 0 Å². The van der Waals surface area contributed by atoms with Gasteiger partial charge in [-0.15, -0.1) is 10.2 Å². The van der Waals surface area contributed by atoms with Crippen LogP contribution in [-0.4, -0.2) is 27.3 Å². The Hall–Kier alpha value is -2.60. The molecule has 5 nitrogen and oxygen atoms in total. The van der Waals surface area contributed by atoms with Crippen molar-refractivity contribution in [3.63, 3.8) is 0 Å². The number of carbonyl (C=O) groups excluding carboxylic acids is 1. The molecule has 0 fully saturated rings. The number of thioether (sulfide) groups is 1. The van der Waals surface area contributed by atoms with Crippen molar-refractivity contribution in [3.8, 4) is 11.4 Å². The number of ether oxygens (including phenoxy) is 1. The summed E-state index contributed by atoms with van der Waals surface area (Å²) in [5.74, 6) is 0.488. The number of aromatic nitrogens is 3. The predicted molar refractivity (Wildman–Crippen MR) is 98.1 cm³/mol. The molecule has 0 aliphatic rings. The van der Waals surface area contributed by atoms with Gasteiger partial charge in [0, 0.05) is 12.6 Å². The molecular formula is C19H19N3O2S. The first-order chi connectivity index (χ1) is 12.2. The zero-order valence-corrected chi connectivity index (χ0v) is 14.9. The van der Waals surface area contributed by atoms with Crippen molar-refractivity contribution >= 4 is 17.7 Å². The number of carbonyl (C=O) groups is 1. The largest absolute Gasteiger partial charge is 0.465 e. The molecule has 0 unspecified atom stereocenters. The topological polar surface area (TPSA) is 57.0 Å². The fourth-order valence-electron chi connectivity index (χ4n) is 2.46. The Morgan fingerprint density at radius 3 is 2.36 bits per heavy atom. The van der Waals surface area contributed by atoms with E-state index < -0.39 is 5.25 Å². The second-order valence-electron chi connectivity index (χ2n) is 5.39.